The molecule has 0 saturated heterocycles. The van der Waals surface area contributed by atoms with Gasteiger partial charge in [0, 0.05) is 11.3 Å². The fraction of sp³-hybridized carbons (Fsp3) is 0.250. The molecule has 1 aromatic heterocycles. The highest BCUT2D eigenvalue weighted by molar-refractivity contribution is 9.10. The molecular formula is C12H8BrF2NO. The third-order valence-corrected chi connectivity index (χ3v) is 3.74. The Hall–Kier alpha value is -1.23. The number of hydrogen-bond acceptors (Lipinski definition) is 1. The van der Waals surface area contributed by atoms with Gasteiger partial charge in [-0.2, -0.15) is 0 Å². The third kappa shape index (κ3) is 1.45. The van der Waals surface area contributed by atoms with Crippen molar-refractivity contribution < 1.29 is 8.78 Å². The summed E-state index contributed by atoms with van der Waals surface area (Å²) in [4.78, 5) is 14.9. The van der Waals surface area contributed by atoms with Crippen LogP contribution in [-0.2, 0) is 12.8 Å². The highest BCUT2D eigenvalue weighted by Crippen LogP contribution is 2.27. The SMILES string of the molecule is O=c1c2c([nH]c3c(F)cc(Br)c(F)c13)CCC2. The second-order valence-electron chi connectivity index (χ2n) is 4.17. The van der Waals surface area contributed by atoms with Crippen LogP contribution in [0.25, 0.3) is 10.9 Å². The zero-order valence-electron chi connectivity index (χ0n) is 8.74. The lowest BCUT2D eigenvalue weighted by Gasteiger charge is -2.06. The number of hydrogen-bond donors (Lipinski definition) is 1. The van der Waals surface area contributed by atoms with Crippen LogP contribution < -0.4 is 5.43 Å². The van der Waals surface area contributed by atoms with Crippen LogP contribution in [0.1, 0.15) is 17.7 Å². The van der Waals surface area contributed by atoms with E-state index in [1.165, 1.54) is 0 Å². The Morgan fingerprint density at radius 2 is 2.06 bits per heavy atom. The summed E-state index contributed by atoms with van der Waals surface area (Å²) in [5, 5.41) is -0.183. The summed E-state index contributed by atoms with van der Waals surface area (Å²) in [6.45, 7) is 0. The first-order valence-electron chi connectivity index (χ1n) is 5.31. The van der Waals surface area contributed by atoms with Gasteiger partial charge in [0.15, 0.2) is 11.2 Å². The number of nitrogens with one attached hydrogen (secondary N) is 1. The van der Waals surface area contributed by atoms with Crippen molar-refractivity contribution in [3.8, 4) is 0 Å². The largest absolute Gasteiger partial charge is 0.355 e. The molecule has 2 aromatic rings. The van der Waals surface area contributed by atoms with E-state index < -0.39 is 11.6 Å². The first kappa shape index (κ1) is 10.9. The predicted molar refractivity (Wildman–Crippen MR) is 64.2 cm³/mol. The number of H-pyrrole nitrogens is 1. The molecule has 1 aromatic carbocycles. The van der Waals surface area contributed by atoms with E-state index in [9.17, 15) is 13.6 Å². The lowest BCUT2D eigenvalue weighted by molar-refractivity contribution is 0.609. The van der Waals surface area contributed by atoms with E-state index >= 15 is 0 Å². The van der Waals surface area contributed by atoms with Crippen LogP contribution >= 0.6 is 15.9 Å². The molecule has 0 aliphatic heterocycles. The molecule has 0 saturated carbocycles. The second-order valence-corrected chi connectivity index (χ2v) is 5.02. The normalized spacial score (nSPS) is 14.3. The lowest BCUT2D eigenvalue weighted by Crippen LogP contribution is -2.13. The van der Waals surface area contributed by atoms with E-state index in [0.717, 1.165) is 24.6 Å². The van der Waals surface area contributed by atoms with E-state index in [1.54, 1.807) is 0 Å². The Morgan fingerprint density at radius 1 is 1.29 bits per heavy atom. The van der Waals surface area contributed by atoms with Gasteiger partial charge in [-0.1, -0.05) is 0 Å². The van der Waals surface area contributed by atoms with Crippen LogP contribution in [0, 0.1) is 11.6 Å². The molecule has 1 aliphatic carbocycles. The van der Waals surface area contributed by atoms with E-state index in [-0.39, 0.29) is 20.8 Å². The summed E-state index contributed by atoms with van der Waals surface area (Å²) in [6.07, 6.45) is 2.20. The number of rotatable bonds is 0. The van der Waals surface area contributed by atoms with Crippen LogP contribution in [0.3, 0.4) is 0 Å². The molecule has 0 bridgehead atoms. The van der Waals surface area contributed by atoms with E-state index in [0.29, 0.717) is 12.0 Å². The number of pyridine rings is 1. The van der Waals surface area contributed by atoms with E-state index in [1.807, 2.05) is 0 Å². The fourth-order valence-electron chi connectivity index (χ4n) is 2.36. The van der Waals surface area contributed by atoms with Crippen molar-refractivity contribution in [2.75, 3.05) is 0 Å². The Morgan fingerprint density at radius 3 is 2.82 bits per heavy atom. The van der Waals surface area contributed by atoms with Gasteiger partial charge in [-0.15, -0.1) is 0 Å². The van der Waals surface area contributed by atoms with Gasteiger partial charge in [-0.3, -0.25) is 4.79 Å². The van der Waals surface area contributed by atoms with Gasteiger partial charge in [0.05, 0.1) is 15.4 Å². The third-order valence-electron chi connectivity index (χ3n) is 3.17. The lowest BCUT2D eigenvalue weighted by atomic mass is 10.1. The molecule has 17 heavy (non-hydrogen) atoms. The summed E-state index contributed by atoms with van der Waals surface area (Å²) in [6, 6.07) is 1.04. The van der Waals surface area contributed by atoms with Crippen LogP contribution in [0.15, 0.2) is 15.3 Å². The molecule has 2 nitrogen and oxygen atoms in total. The molecule has 3 rings (SSSR count). The molecule has 0 fully saturated rings. The van der Waals surface area contributed by atoms with E-state index in [4.69, 9.17) is 0 Å². The number of fused-ring (bicyclic) bond motifs is 2. The van der Waals surface area contributed by atoms with Crippen molar-refractivity contribution in [3.63, 3.8) is 0 Å². The van der Waals surface area contributed by atoms with Crippen molar-refractivity contribution >= 4 is 26.8 Å². The van der Waals surface area contributed by atoms with Crippen LogP contribution in [-0.4, -0.2) is 4.98 Å². The summed E-state index contributed by atoms with van der Waals surface area (Å²) in [7, 11) is 0. The maximum absolute atomic E-state index is 13.9. The minimum Gasteiger partial charge on any atom is -0.355 e. The minimum absolute atomic E-state index is 0.0223. The van der Waals surface area contributed by atoms with Gasteiger partial charge >= 0.3 is 0 Å². The zero-order chi connectivity index (χ0) is 12.2. The summed E-state index contributed by atoms with van der Waals surface area (Å²) in [5.74, 6) is -1.31. The molecule has 0 atom stereocenters. The van der Waals surface area contributed by atoms with Crippen molar-refractivity contribution in [2.24, 2.45) is 0 Å². The number of aromatic nitrogens is 1. The second kappa shape index (κ2) is 3.63. The summed E-state index contributed by atoms with van der Waals surface area (Å²) < 4.78 is 27.6. The first-order valence-corrected chi connectivity index (χ1v) is 6.10. The van der Waals surface area contributed by atoms with Crippen LogP contribution in [0.2, 0.25) is 0 Å². The van der Waals surface area contributed by atoms with Gasteiger partial charge in [-0.05, 0) is 41.3 Å². The average molecular weight is 300 g/mol. The molecule has 0 radical (unpaired) electrons. The van der Waals surface area contributed by atoms with Crippen LogP contribution in [0.5, 0.6) is 0 Å². The first-order chi connectivity index (χ1) is 8.09. The highest BCUT2D eigenvalue weighted by atomic mass is 79.9. The smallest absolute Gasteiger partial charge is 0.195 e. The number of halogens is 3. The molecule has 88 valence electrons. The average Bonchev–Trinajstić information content (AvgIpc) is 2.74. The molecule has 1 aliphatic rings. The standard InChI is InChI=1S/C12H8BrF2NO/c13-6-4-7(14)11-9(10(6)15)12(17)5-2-1-3-8(5)16-11/h4H,1-3H2,(H,16,17). The molecule has 0 spiro atoms. The van der Waals surface area contributed by atoms with Gasteiger partial charge in [0.25, 0.3) is 0 Å². The molecule has 5 heteroatoms. The maximum atomic E-state index is 13.9. The Labute approximate surface area is 104 Å². The van der Waals surface area contributed by atoms with Crippen molar-refractivity contribution in [3.05, 3.63) is 43.7 Å². The number of aryl methyl sites for hydroxylation is 1. The summed E-state index contributed by atoms with van der Waals surface area (Å²) in [5.41, 5.74) is 0.914. The Bertz CT molecular complexity index is 693. The van der Waals surface area contributed by atoms with Crippen molar-refractivity contribution in [2.45, 2.75) is 19.3 Å². The van der Waals surface area contributed by atoms with Gasteiger partial charge in [0.1, 0.15) is 5.82 Å². The van der Waals surface area contributed by atoms with Gasteiger partial charge in [0.2, 0.25) is 0 Å². The van der Waals surface area contributed by atoms with Crippen molar-refractivity contribution in [1.82, 2.24) is 4.98 Å². The summed E-state index contributed by atoms with van der Waals surface area (Å²) >= 11 is 2.91. The molecule has 1 heterocycles. The minimum atomic E-state index is -0.697. The molecule has 1 N–H and O–H groups in total. The van der Waals surface area contributed by atoms with Gasteiger partial charge in [-0.25, -0.2) is 8.78 Å². The van der Waals surface area contributed by atoms with Gasteiger partial charge < -0.3 is 4.98 Å². The van der Waals surface area contributed by atoms with Crippen LogP contribution in [0.4, 0.5) is 8.78 Å². The number of aromatic amines is 1. The van der Waals surface area contributed by atoms with Crippen molar-refractivity contribution in [1.29, 1.82) is 0 Å². The Balaban J connectivity index is 2.56. The quantitative estimate of drug-likeness (QED) is 0.745. The molecule has 0 amide bonds. The number of benzene rings is 1. The maximum Gasteiger partial charge on any atom is 0.195 e. The molecular weight excluding hydrogens is 292 g/mol. The van der Waals surface area contributed by atoms with E-state index in [2.05, 4.69) is 20.9 Å². The predicted octanol–water partition coefficient (Wildman–Crippen LogP) is 3.06. The molecule has 0 unspecified atom stereocenters. The highest BCUT2D eigenvalue weighted by Gasteiger charge is 2.22. The zero-order valence-corrected chi connectivity index (χ0v) is 10.3. The topological polar surface area (TPSA) is 32.9 Å². The fourth-order valence-corrected chi connectivity index (χ4v) is 2.76. The monoisotopic (exact) mass is 299 g/mol. The Kier molecular flexibility index (Phi) is 2.33.